The van der Waals surface area contributed by atoms with Gasteiger partial charge in [-0.15, -0.1) is 6.58 Å². The Morgan fingerprint density at radius 2 is 2.13 bits per heavy atom. The Morgan fingerprint density at radius 1 is 1.53 bits per heavy atom. The van der Waals surface area contributed by atoms with E-state index in [-0.39, 0.29) is 6.04 Å². The van der Waals surface area contributed by atoms with Crippen LogP contribution >= 0.6 is 0 Å². The van der Waals surface area contributed by atoms with Gasteiger partial charge < -0.3 is 11.1 Å². The Morgan fingerprint density at radius 3 is 2.60 bits per heavy atom. The normalized spacial score (nSPS) is 11.8. The number of carbonyl (C=O) groups is 1. The van der Waals surface area contributed by atoms with Gasteiger partial charge in [-0.3, -0.25) is 0 Å². The number of aryl methyl sites for hydroxylation is 1. The van der Waals surface area contributed by atoms with Gasteiger partial charge in [0.1, 0.15) is 0 Å². The van der Waals surface area contributed by atoms with Crippen molar-refractivity contribution < 1.29 is 4.79 Å². The third-order valence-electron chi connectivity index (χ3n) is 2.19. The van der Waals surface area contributed by atoms with Crippen LogP contribution in [0.5, 0.6) is 0 Å². The standard InChI is InChI=1S/C12H16N2O/c1-3-11(14-12(13)15)8-10-6-4-9(2)5-7-10/h3-7,11H,1,8H2,2H3,(H3,13,14,15)/t11-/m0/s1. The quantitative estimate of drug-likeness (QED) is 0.721. The Balaban J connectivity index is 2.62. The lowest BCUT2D eigenvalue weighted by atomic mass is 10.0. The number of amides is 2. The summed E-state index contributed by atoms with van der Waals surface area (Å²) in [6, 6.07) is 7.53. The number of hydrogen-bond donors (Lipinski definition) is 2. The summed E-state index contributed by atoms with van der Waals surface area (Å²) in [5, 5.41) is 2.61. The van der Waals surface area contributed by atoms with Gasteiger partial charge in [0.2, 0.25) is 0 Å². The molecule has 0 aromatic heterocycles. The van der Waals surface area contributed by atoms with Gasteiger partial charge in [0, 0.05) is 0 Å². The summed E-state index contributed by atoms with van der Waals surface area (Å²) in [5.74, 6) is 0. The largest absolute Gasteiger partial charge is 0.352 e. The summed E-state index contributed by atoms with van der Waals surface area (Å²) >= 11 is 0. The maximum Gasteiger partial charge on any atom is 0.312 e. The minimum Gasteiger partial charge on any atom is -0.352 e. The van der Waals surface area contributed by atoms with Crippen LogP contribution in [0.3, 0.4) is 0 Å². The predicted molar refractivity (Wildman–Crippen MR) is 61.6 cm³/mol. The van der Waals surface area contributed by atoms with Crippen LogP contribution in [0, 0.1) is 6.92 Å². The molecule has 1 aromatic rings. The number of benzene rings is 1. The molecular weight excluding hydrogens is 188 g/mol. The Labute approximate surface area is 90.0 Å². The van der Waals surface area contributed by atoms with Gasteiger partial charge in [-0.25, -0.2) is 4.79 Å². The van der Waals surface area contributed by atoms with Gasteiger partial charge in [-0.2, -0.15) is 0 Å². The molecule has 0 aliphatic heterocycles. The number of primary amides is 1. The highest BCUT2D eigenvalue weighted by atomic mass is 16.2. The van der Waals surface area contributed by atoms with Crippen LogP contribution in [-0.4, -0.2) is 12.1 Å². The molecule has 0 aliphatic carbocycles. The number of carbonyl (C=O) groups excluding carboxylic acids is 1. The first kappa shape index (κ1) is 11.3. The summed E-state index contributed by atoms with van der Waals surface area (Å²) in [4.78, 5) is 10.7. The van der Waals surface area contributed by atoms with Crippen molar-refractivity contribution in [2.45, 2.75) is 19.4 Å². The molecule has 0 fully saturated rings. The zero-order chi connectivity index (χ0) is 11.3. The molecule has 0 unspecified atom stereocenters. The second kappa shape index (κ2) is 5.20. The molecule has 0 aliphatic rings. The van der Waals surface area contributed by atoms with Crippen LogP contribution in [0.1, 0.15) is 11.1 Å². The first-order valence-electron chi connectivity index (χ1n) is 4.86. The fourth-order valence-electron chi connectivity index (χ4n) is 1.35. The first-order chi connectivity index (χ1) is 7.11. The van der Waals surface area contributed by atoms with Crippen LogP contribution in [0.25, 0.3) is 0 Å². The van der Waals surface area contributed by atoms with Crippen molar-refractivity contribution in [1.82, 2.24) is 5.32 Å². The van der Waals surface area contributed by atoms with Gasteiger partial charge >= 0.3 is 6.03 Å². The molecule has 3 nitrogen and oxygen atoms in total. The fourth-order valence-corrected chi connectivity index (χ4v) is 1.35. The van der Waals surface area contributed by atoms with Crippen molar-refractivity contribution in [1.29, 1.82) is 0 Å². The van der Waals surface area contributed by atoms with Crippen molar-refractivity contribution in [2.75, 3.05) is 0 Å². The highest BCUT2D eigenvalue weighted by Gasteiger charge is 2.06. The van der Waals surface area contributed by atoms with Crippen LogP contribution in [0.2, 0.25) is 0 Å². The molecule has 80 valence electrons. The molecule has 1 rings (SSSR count). The monoisotopic (exact) mass is 204 g/mol. The summed E-state index contributed by atoms with van der Waals surface area (Å²) in [7, 11) is 0. The van der Waals surface area contributed by atoms with E-state index < -0.39 is 6.03 Å². The van der Waals surface area contributed by atoms with Crippen molar-refractivity contribution in [3.05, 3.63) is 48.0 Å². The van der Waals surface area contributed by atoms with E-state index in [2.05, 4.69) is 11.9 Å². The zero-order valence-corrected chi connectivity index (χ0v) is 8.86. The van der Waals surface area contributed by atoms with E-state index >= 15 is 0 Å². The predicted octanol–water partition coefficient (Wildman–Crippen LogP) is 1.76. The van der Waals surface area contributed by atoms with E-state index in [1.54, 1.807) is 6.08 Å². The summed E-state index contributed by atoms with van der Waals surface area (Å²) < 4.78 is 0. The molecule has 0 spiro atoms. The highest BCUT2D eigenvalue weighted by Crippen LogP contribution is 2.06. The van der Waals surface area contributed by atoms with Crippen molar-refractivity contribution in [2.24, 2.45) is 5.73 Å². The third kappa shape index (κ3) is 3.85. The number of hydrogen-bond acceptors (Lipinski definition) is 1. The summed E-state index contributed by atoms with van der Waals surface area (Å²) in [5.41, 5.74) is 7.42. The average Bonchev–Trinajstić information content (AvgIpc) is 2.19. The van der Waals surface area contributed by atoms with Crippen molar-refractivity contribution in [3.8, 4) is 0 Å². The zero-order valence-electron chi connectivity index (χ0n) is 8.86. The molecule has 0 bridgehead atoms. The lowest BCUT2D eigenvalue weighted by molar-refractivity contribution is 0.247. The van der Waals surface area contributed by atoms with Gasteiger partial charge in [-0.1, -0.05) is 35.9 Å². The smallest absolute Gasteiger partial charge is 0.312 e. The molecule has 0 saturated heterocycles. The number of rotatable bonds is 4. The molecule has 2 amide bonds. The van der Waals surface area contributed by atoms with Crippen LogP contribution in [0.15, 0.2) is 36.9 Å². The highest BCUT2D eigenvalue weighted by molar-refractivity contribution is 5.72. The van der Waals surface area contributed by atoms with E-state index in [9.17, 15) is 4.79 Å². The van der Waals surface area contributed by atoms with Gasteiger partial charge in [-0.05, 0) is 18.9 Å². The molecule has 0 radical (unpaired) electrons. The minimum absolute atomic E-state index is 0.106. The van der Waals surface area contributed by atoms with Gasteiger partial charge in [0.25, 0.3) is 0 Å². The molecule has 1 aromatic carbocycles. The third-order valence-corrected chi connectivity index (χ3v) is 2.19. The second-order valence-electron chi connectivity index (χ2n) is 3.54. The number of nitrogens with one attached hydrogen (secondary N) is 1. The molecular formula is C12H16N2O. The summed E-state index contributed by atoms with van der Waals surface area (Å²) in [6.45, 7) is 5.70. The van der Waals surface area contributed by atoms with Crippen LogP contribution < -0.4 is 11.1 Å². The van der Waals surface area contributed by atoms with E-state index in [4.69, 9.17) is 5.73 Å². The maximum atomic E-state index is 10.7. The fraction of sp³-hybridized carbons (Fsp3) is 0.250. The Kier molecular flexibility index (Phi) is 3.92. The number of urea groups is 1. The Bertz CT molecular complexity index is 343. The van der Waals surface area contributed by atoms with E-state index in [0.717, 1.165) is 5.56 Å². The molecule has 3 heteroatoms. The minimum atomic E-state index is -0.521. The maximum absolute atomic E-state index is 10.7. The van der Waals surface area contributed by atoms with E-state index in [1.165, 1.54) is 5.56 Å². The topological polar surface area (TPSA) is 55.1 Å². The molecule has 3 N–H and O–H groups in total. The molecule has 15 heavy (non-hydrogen) atoms. The van der Waals surface area contributed by atoms with E-state index in [0.29, 0.717) is 6.42 Å². The van der Waals surface area contributed by atoms with Gasteiger partial charge in [0.05, 0.1) is 6.04 Å². The average molecular weight is 204 g/mol. The summed E-state index contributed by atoms with van der Waals surface area (Å²) in [6.07, 6.45) is 2.40. The molecule has 1 atom stereocenters. The van der Waals surface area contributed by atoms with E-state index in [1.807, 2.05) is 31.2 Å². The Hall–Kier alpha value is -1.77. The SMILES string of the molecule is C=C[C@@H](Cc1ccc(C)cc1)NC(N)=O. The van der Waals surface area contributed by atoms with Crippen molar-refractivity contribution in [3.63, 3.8) is 0 Å². The van der Waals surface area contributed by atoms with Crippen LogP contribution in [0.4, 0.5) is 4.79 Å². The van der Waals surface area contributed by atoms with Crippen LogP contribution in [-0.2, 0) is 6.42 Å². The lowest BCUT2D eigenvalue weighted by Crippen LogP contribution is -2.38. The molecule has 0 saturated carbocycles. The number of nitrogens with two attached hydrogens (primary N) is 1. The lowest BCUT2D eigenvalue weighted by Gasteiger charge is -2.12. The van der Waals surface area contributed by atoms with Crippen molar-refractivity contribution >= 4 is 6.03 Å². The van der Waals surface area contributed by atoms with Gasteiger partial charge in [0.15, 0.2) is 0 Å². The second-order valence-corrected chi connectivity index (χ2v) is 3.54. The first-order valence-corrected chi connectivity index (χ1v) is 4.86. The molecule has 0 heterocycles.